The van der Waals surface area contributed by atoms with Gasteiger partial charge < -0.3 is 11.1 Å². The van der Waals surface area contributed by atoms with E-state index < -0.39 is 5.54 Å². The third kappa shape index (κ3) is 3.81. The summed E-state index contributed by atoms with van der Waals surface area (Å²) in [6.45, 7) is 8.26. The Balaban J connectivity index is 2.71. The standard InChI is InChI=1S/C11H21N5O/c1-7(2)5-11(4,6-12)14-10(17)9-13-8(3)15-16-9/h7H,5-6,12H2,1-4H3,(H,14,17)(H,13,15,16). The maximum atomic E-state index is 11.9. The first-order chi connectivity index (χ1) is 7.86. The molecule has 0 aliphatic heterocycles. The average Bonchev–Trinajstić information content (AvgIpc) is 2.63. The van der Waals surface area contributed by atoms with Crippen LogP contribution in [0, 0.1) is 12.8 Å². The molecule has 6 nitrogen and oxygen atoms in total. The van der Waals surface area contributed by atoms with Crippen LogP contribution in [0.1, 0.15) is 43.6 Å². The smallest absolute Gasteiger partial charge is 0.291 e. The van der Waals surface area contributed by atoms with Crippen LogP contribution in [0.4, 0.5) is 0 Å². The molecule has 0 saturated heterocycles. The average molecular weight is 239 g/mol. The van der Waals surface area contributed by atoms with Gasteiger partial charge in [-0.25, -0.2) is 4.98 Å². The molecule has 0 fully saturated rings. The van der Waals surface area contributed by atoms with Gasteiger partial charge in [-0.1, -0.05) is 13.8 Å². The van der Waals surface area contributed by atoms with E-state index in [0.29, 0.717) is 18.3 Å². The first-order valence-corrected chi connectivity index (χ1v) is 5.78. The Morgan fingerprint density at radius 2 is 2.24 bits per heavy atom. The molecule has 6 heteroatoms. The summed E-state index contributed by atoms with van der Waals surface area (Å²) in [6.07, 6.45) is 0.818. The number of nitrogens with one attached hydrogen (secondary N) is 2. The second-order valence-corrected chi connectivity index (χ2v) is 5.06. The predicted octanol–water partition coefficient (Wildman–Crippen LogP) is 0.606. The molecule has 1 heterocycles. The van der Waals surface area contributed by atoms with Gasteiger partial charge >= 0.3 is 0 Å². The van der Waals surface area contributed by atoms with Crippen LogP contribution < -0.4 is 11.1 Å². The Kier molecular flexibility index (Phi) is 4.22. The number of nitrogens with zero attached hydrogens (tertiary/aromatic N) is 2. The lowest BCUT2D eigenvalue weighted by Gasteiger charge is -2.30. The number of hydrogen-bond acceptors (Lipinski definition) is 4. The normalized spacial score (nSPS) is 14.7. The zero-order valence-corrected chi connectivity index (χ0v) is 10.9. The SMILES string of the molecule is Cc1nc(C(=O)NC(C)(CN)CC(C)C)n[nH]1. The molecular formula is C11H21N5O. The minimum Gasteiger partial charge on any atom is -0.343 e. The molecule has 17 heavy (non-hydrogen) atoms. The van der Waals surface area contributed by atoms with Crippen molar-refractivity contribution in [1.82, 2.24) is 20.5 Å². The molecule has 1 atom stereocenters. The summed E-state index contributed by atoms with van der Waals surface area (Å²) in [5.41, 5.74) is 5.31. The number of carbonyl (C=O) groups excluding carboxylic acids is 1. The van der Waals surface area contributed by atoms with E-state index >= 15 is 0 Å². The number of carbonyl (C=O) groups is 1. The number of H-pyrrole nitrogens is 1. The Hall–Kier alpha value is -1.43. The van der Waals surface area contributed by atoms with Gasteiger partial charge in [0.25, 0.3) is 5.91 Å². The van der Waals surface area contributed by atoms with E-state index in [2.05, 4.69) is 34.3 Å². The van der Waals surface area contributed by atoms with Crippen LogP contribution in [0.2, 0.25) is 0 Å². The molecule has 0 bridgehead atoms. The molecule has 96 valence electrons. The first-order valence-electron chi connectivity index (χ1n) is 5.78. The number of aromatic amines is 1. The Labute approximate surface area is 101 Å². The number of amides is 1. The van der Waals surface area contributed by atoms with Gasteiger partial charge in [0.15, 0.2) is 0 Å². The van der Waals surface area contributed by atoms with Crippen molar-refractivity contribution in [2.75, 3.05) is 6.54 Å². The molecule has 0 spiro atoms. The molecule has 1 aromatic rings. The van der Waals surface area contributed by atoms with Crippen molar-refractivity contribution < 1.29 is 4.79 Å². The van der Waals surface area contributed by atoms with Gasteiger partial charge in [0.1, 0.15) is 5.82 Å². The second-order valence-electron chi connectivity index (χ2n) is 5.06. The van der Waals surface area contributed by atoms with Crippen molar-refractivity contribution in [3.05, 3.63) is 11.6 Å². The van der Waals surface area contributed by atoms with Crippen molar-refractivity contribution in [3.8, 4) is 0 Å². The topological polar surface area (TPSA) is 96.7 Å². The molecule has 1 rings (SSSR count). The lowest BCUT2D eigenvalue weighted by Crippen LogP contribution is -2.52. The zero-order valence-electron chi connectivity index (χ0n) is 10.9. The van der Waals surface area contributed by atoms with Crippen LogP contribution >= 0.6 is 0 Å². The summed E-state index contributed by atoms with van der Waals surface area (Å²) in [5.74, 6) is 0.945. The van der Waals surface area contributed by atoms with E-state index in [9.17, 15) is 4.79 Å². The van der Waals surface area contributed by atoms with Crippen LogP contribution in [0.5, 0.6) is 0 Å². The largest absolute Gasteiger partial charge is 0.343 e. The van der Waals surface area contributed by atoms with E-state index in [1.165, 1.54) is 0 Å². The van der Waals surface area contributed by atoms with Crippen LogP contribution in [0.3, 0.4) is 0 Å². The van der Waals surface area contributed by atoms with Gasteiger partial charge in [-0.15, -0.1) is 5.10 Å². The quantitative estimate of drug-likeness (QED) is 0.701. The highest BCUT2D eigenvalue weighted by Crippen LogP contribution is 2.15. The fourth-order valence-corrected chi connectivity index (χ4v) is 1.86. The molecule has 0 saturated carbocycles. The minimum absolute atomic E-state index is 0.158. The molecule has 1 amide bonds. The van der Waals surface area contributed by atoms with Crippen LogP contribution in [0.25, 0.3) is 0 Å². The Morgan fingerprint density at radius 3 is 2.65 bits per heavy atom. The third-order valence-corrected chi connectivity index (χ3v) is 2.52. The number of rotatable bonds is 5. The van der Waals surface area contributed by atoms with Gasteiger partial charge in [0.05, 0.1) is 5.54 Å². The zero-order chi connectivity index (χ0) is 13.1. The van der Waals surface area contributed by atoms with Crippen molar-refractivity contribution in [2.45, 2.75) is 39.7 Å². The minimum atomic E-state index is -0.417. The summed E-state index contributed by atoms with van der Waals surface area (Å²) >= 11 is 0. The number of aromatic nitrogens is 3. The number of aryl methyl sites for hydroxylation is 1. The molecule has 0 aromatic carbocycles. The van der Waals surface area contributed by atoms with Crippen molar-refractivity contribution in [1.29, 1.82) is 0 Å². The molecule has 0 radical (unpaired) electrons. The molecule has 4 N–H and O–H groups in total. The summed E-state index contributed by atoms with van der Waals surface area (Å²) in [5, 5.41) is 9.36. The fraction of sp³-hybridized carbons (Fsp3) is 0.727. The fourth-order valence-electron chi connectivity index (χ4n) is 1.86. The summed E-state index contributed by atoms with van der Waals surface area (Å²) in [7, 11) is 0. The van der Waals surface area contributed by atoms with Crippen molar-refractivity contribution >= 4 is 5.91 Å². The monoisotopic (exact) mass is 239 g/mol. The maximum Gasteiger partial charge on any atom is 0.291 e. The molecule has 0 aliphatic carbocycles. The van der Waals surface area contributed by atoms with Crippen LogP contribution in [0.15, 0.2) is 0 Å². The molecule has 0 aliphatic rings. The molecule has 1 aromatic heterocycles. The highest BCUT2D eigenvalue weighted by molar-refractivity contribution is 5.90. The van der Waals surface area contributed by atoms with E-state index in [-0.39, 0.29) is 11.7 Å². The van der Waals surface area contributed by atoms with Gasteiger partial charge in [-0.05, 0) is 26.2 Å². The lowest BCUT2D eigenvalue weighted by atomic mass is 9.90. The van der Waals surface area contributed by atoms with E-state index in [1.807, 2.05) is 6.92 Å². The van der Waals surface area contributed by atoms with Crippen LogP contribution in [-0.2, 0) is 0 Å². The number of nitrogens with two attached hydrogens (primary N) is 1. The van der Waals surface area contributed by atoms with Gasteiger partial charge in [0, 0.05) is 6.54 Å². The van der Waals surface area contributed by atoms with E-state index in [0.717, 1.165) is 6.42 Å². The highest BCUT2D eigenvalue weighted by Gasteiger charge is 2.27. The number of hydrogen-bond donors (Lipinski definition) is 3. The highest BCUT2D eigenvalue weighted by atomic mass is 16.2. The molecular weight excluding hydrogens is 218 g/mol. The van der Waals surface area contributed by atoms with Gasteiger partial charge in [-0.2, -0.15) is 0 Å². The van der Waals surface area contributed by atoms with E-state index in [4.69, 9.17) is 5.73 Å². The first kappa shape index (κ1) is 13.6. The van der Waals surface area contributed by atoms with Gasteiger partial charge in [0.2, 0.25) is 5.82 Å². The molecule has 1 unspecified atom stereocenters. The van der Waals surface area contributed by atoms with Gasteiger partial charge in [-0.3, -0.25) is 9.89 Å². The lowest BCUT2D eigenvalue weighted by molar-refractivity contribution is 0.0888. The second kappa shape index (κ2) is 5.27. The summed E-state index contributed by atoms with van der Waals surface area (Å²) in [6, 6.07) is 0. The Morgan fingerprint density at radius 1 is 1.59 bits per heavy atom. The summed E-state index contributed by atoms with van der Waals surface area (Å²) in [4.78, 5) is 15.9. The third-order valence-electron chi connectivity index (χ3n) is 2.52. The van der Waals surface area contributed by atoms with Crippen molar-refractivity contribution in [2.24, 2.45) is 11.7 Å². The maximum absolute atomic E-state index is 11.9. The van der Waals surface area contributed by atoms with E-state index in [1.54, 1.807) is 6.92 Å². The van der Waals surface area contributed by atoms with Crippen LogP contribution in [-0.4, -0.2) is 33.2 Å². The van der Waals surface area contributed by atoms with Crippen molar-refractivity contribution in [3.63, 3.8) is 0 Å². The Bertz CT molecular complexity index is 387. The summed E-state index contributed by atoms with van der Waals surface area (Å²) < 4.78 is 0. The predicted molar refractivity (Wildman–Crippen MR) is 65.5 cm³/mol.